The SMILES string of the molecule is CS(=O)(=O)O.C[C@H](CCc1ccc(-c2ccccc2Cl)cc1)C(N)=O. The molecule has 0 radical (unpaired) electrons. The van der Waals surface area contributed by atoms with Crippen molar-refractivity contribution in [2.45, 2.75) is 19.8 Å². The van der Waals surface area contributed by atoms with Crippen LogP contribution in [-0.4, -0.2) is 25.1 Å². The lowest BCUT2D eigenvalue weighted by atomic mass is 9.98. The first-order valence-corrected chi connectivity index (χ1v) is 9.86. The van der Waals surface area contributed by atoms with E-state index in [9.17, 15) is 13.2 Å². The summed E-state index contributed by atoms with van der Waals surface area (Å²) in [5.41, 5.74) is 8.60. The summed E-state index contributed by atoms with van der Waals surface area (Å²) in [7, 11) is -3.67. The Hall–Kier alpha value is -1.89. The topological polar surface area (TPSA) is 97.5 Å². The van der Waals surface area contributed by atoms with Crippen LogP contribution in [0.2, 0.25) is 5.02 Å². The van der Waals surface area contributed by atoms with Crippen LogP contribution in [0.4, 0.5) is 0 Å². The standard InChI is InChI=1S/C17H18ClNO.CH4O3S/c1-12(17(19)20)6-7-13-8-10-14(11-9-13)15-4-2-3-5-16(15)18;1-5(2,3)4/h2-5,8-12H,6-7H2,1H3,(H2,19,20);1H3,(H,2,3,4)/t12-;/m1./s1. The summed E-state index contributed by atoms with van der Waals surface area (Å²) in [4.78, 5) is 11.0. The third-order valence-electron chi connectivity index (χ3n) is 3.49. The molecular formula is C18H22ClNO4S. The van der Waals surface area contributed by atoms with Crippen molar-refractivity contribution in [2.75, 3.05) is 6.26 Å². The molecule has 2 rings (SSSR count). The molecule has 2 aromatic rings. The zero-order chi connectivity index (χ0) is 19.0. The first-order valence-electron chi connectivity index (χ1n) is 7.63. The summed E-state index contributed by atoms with van der Waals surface area (Å²) in [6.07, 6.45) is 2.35. The number of hydrogen-bond acceptors (Lipinski definition) is 3. The van der Waals surface area contributed by atoms with E-state index in [1.54, 1.807) is 0 Å². The number of aryl methyl sites for hydroxylation is 1. The number of hydrogen-bond donors (Lipinski definition) is 2. The van der Waals surface area contributed by atoms with Gasteiger partial charge in [-0.3, -0.25) is 9.35 Å². The molecule has 0 heterocycles. The van der Waals surface area contributed by atoms with Crippen molar-refractivity contribution in [2.24, 2.45) is 11.7 Å². The third kappa shape index (κ3) is 8.67. The summed E-state index contributed by atoms with van der Waals surface area (Å²) in [5, 5.41) is 0.752. The molecule has 0 bridgehead atoms. The highest BCUT2D eigenvalue weighted by Gasteiger charge is 2.08. The Bertz CT molecular complexity index is 796. The molecule has 136 valence electrons. The van der Waals surface area contributed by atoms with Gasteiger partial charge in [0.2, 0.25) is 5.91 Å². The van der Waals surface area contributed by atoms with Crippen molar-refractivity contribution < 1.29 is 17.8 Å². The predicted octanol–water partition coefficient (Wildman–Crippen LogP) is 3.57. The molecule has 0 aliphatic carbocycles. The Labute approximate surface area is 153 Å². The van der Waals surface area contributed by atoms with Gasteiger partial charge in [-0.1, -0.05) is 61.0 Å². The smallest absolute Gasteiger partial charge is 0.261 e. The molecular weight excluding hydrogens is 362 g/mol. The second kappa shape index (κ2) is 9.56. The average molecular weight is 384 g/mol. The van der Waals surface area contributed by atoms with E-state index in [2.05, 4.69) is 24.3 Å². The minimum Gasteiger partial charge on any atom is -0.369 e. The quantitative estimate of drug-likeness (QED) is 0.771. The van der Waals surface area contributed by atoms with Gasteiger partial charge >= 0.3 is 0 Å². The van der Waals surface area contributed by atoms with Crippen LogP contribution in [0.1, 0.15) is 18.9 Å². The molecule has 0 fully saturated rings. The summed E-state index contributed by atoms with van der Waals surface area (Å²) in [6.45, 7) is 1.86. The number of halogens is 1. The maximum atomic E-state index is 11.0. The number of amides is 1. The maximum Gasteiger partial charge on any atom is 0.261 e. The van der Waals surface area contributed by atoms with Crippen LogP contribution in [0.15, 0.2) is 48.5 Å². The second-order valence-corrected chi connectivity index (χ2v) is 7.63. The molecule has 0 aliphatic heterocycles. The number of rotatable bonds is 5. The van der Waals surface area contributed by atoms with Gasteiger partial charge < -0.3 is 5.73 Å². The van der Waals surface area contributed by atoms with Crippen LogP contribution in [-0.2, 0) is 21.3 Å². The Morgan fingerprint density at radius 2 is 1.68 bits per heavy atom. The molecule has 0 aromatic heterocycles. The van der Waals surface area contributed by atoms with Gasteiger partial charge in [0, 0.05) is 16.5 Å². The van der Waals surface area contributed by atoms with Gasteiger partial charge in [-0.15, -0.1) is 0 Å². The van der Waals surface area contributed by atoms with Crippen LogP contribution in [0, 0.1) is 5.92 Å². The molecule has 0 spiro atoms. The average Bonchev–Trinajstić information content (AvgIpc) is 2.52. The molecule has 0 aliphatic rings. The number of benzene rings is 2. The molecule has 5 nitrogen and oxygen atoms in total. The predicted molar refractivity (Wildman–Crippen MR) is 101 cm³/mol. The molecule has 0 saturated heterocycles. The van der Waals surface area contributed by atoms with Gasteiger partial charge in [0.25, 0.3) is 10.1 Å². The number of nitrogens with two attached hydrogens (primary N) is 1. The van der Waals surface area contributed by atoms with E-state index in [-0.39, 0.29) is 11.8 Å². The van der Waals surface area contributed by atoms with Gasteiger partial charge in [-0.2, -0.15) is 8.42 Å². The fourth-order valence-electron chi connectivity index (χ4n) is 2.07. The molecule has 1 atom stereocenters. The highest BCUT2D eigenvalue weighted by molar-refractivity contribution is 7.85. The van der Waals surface area contributed by atoms with Crippen LogP contribution in [0.25, 0.3) is 11.1 Å². The van der Waals surface area contributed by atoms with E-state index in [1.807, 2.05) is 31.2 Å². The highest BCUT2D eigenvalue weighted by Crippen LogP contribution is 2.27. The van der Waals surface area contributed by atoms with Crippen molar-refractivity contribution in [3.05, 3.63) is 59.1 Å². The summed E-state index contributed by atoms with van der Waals surface area (Å²) < 4.78 is 25.9. The van der Waals surface area contributed by atoms with E-state index >= 15 is 0 Å². The lowest BCUT2D eigenvalue weighted by Crippen LogP contribution is -2.20. The van der Waals surface area contributed by atoms with Crippen molar-refractivity contribution in [1.82, 2.24) is 0 Å². The first-order chi connectivity index (χ1) is 11.6. The van der Waals surface area contributed by atoms with E-state index in [0.29, 0.717) is 6.26 Å². The van der Waals surface area contributed by atoms with Gasteiger partial charge in [0.1, 0.15) is 0 Å². The van der Waals surface area contributed by atoms with Crippen molar-refractivity contribution >= 4 is 27.6 Å². The minimum atomic E-state index is -3.67. The number of carbonyl (C=O) groups excluding carboxylic acids is 1. The Balaban J connectivity index is 0.000000550. The molecule has 3 N–H and O–H groups in total. The summed E-state index contributed by atoms with van der Waals surface area (Å²) in [6, 6.07) is 16.1. The molecule has 0 saturated carbocycles. The normalized spacial score (nSPS) is 12.0. The first kappa shape index (κ1) is 21.2. The third-order valence-corrected chi connectivity index (χ3v) is 3.82. The molecule has 2 aromatic carbocycles. The molecule has 25 heavy (non-hydrogen) atoms. The summed E-state index contributed by atoms with van der Waals surface area (Å²) >= 11 is 6.18. The van der Waals surface area contributed by atoms with Gasteiger partial charge in [0.05, 0.1) is 6.26 Å². The van der Waals surface area contributed by atoms with E-state index in [4.69, 9.17) is 21.9 Å². The van der Waals surface area contributed by atoms with Gasteiger partial charge in [-0.05, 0) is 30.0 Å². The minimum absolute atomic E-state index is 0.0850. The second-order valence-electron chi connectivity index (χ2n) is 5.75. The van der Waals surface area contributed by atoms with E-state index < -0.39 is 10.1 Å². The van der Waals surface area contributed by atoms with Gasteiger partial charge in [-0.25, -0.2) is 0 Å². The fourth-order valence-corrected chi connectivity index (χ4v) is 2.32. The molecule has 1 amide bonds. The van der Waals surface area contributed by atoms with Gasteiger partial charge in [0.15, 0.2) is 0 Å². The van der Waals surface area contributed by atoms with E-state index in [0.717, 1.165) is 29.0 Å². The van der Waals surface area contributed by atoms with E-state index in [1.165, 1.54) is 5.56 Å². The number of carbonyl (C=O) groups is 1. The Morgan fingerprint density at radius 3 is 2.16 bits per heavy atom. The molecule has 0 unspecified atom stereocenters. The van der Waals surface area contributed by atoms with Crippen LogP contribution >= 0.6 is 11.6 Å². The lowest BCUT2D eigenvalue weighted by molar-refractivity contribution is -0.121. The highest BCUT2D eigenvalue weighted by atomic mass is 35.5. The van der Waals surface area contributed by atoms with Crippen molar-refractivity contribution in [3.8, 4) is 11.1 Å². The van der Waals surface area contributed by atoms with Crippen LogP contribution < -0.4 is 5.73 Å². The maximum absolute atomic E-state index is 11.0. The van der Waals surface area contributed by atoms with Crippen molar-refractivity contribution in [1.29, 1.82) is 0 Å². The van der Waals surface area contributed by atoms with Crippen LogP contribution in [0.5, 0.6) is 0 Å². The Morgan fingerprint density at radius 1 is 1.16 bits per heavy atom. The van der Waals surface area contributed by atoms with Crippen LogP contribution in [0.3, 0.4) is 0 Å². The number of primary amides is 1. The Kier molecular flexibility index (Phi) is 8.09. The zero-order valence-corrected chi connectivity index (χ0v) is 15.7. The van der Waals surface area contributed by atoms with Crippen molar-refractivity contribution in [3.63, 3.8) is 0 Å². The fraction of sp³-hybridized carbons (Fsp3) is 0.278. The molecule has 7 heteroatoms. The monoisotopic (exact) mass is 383 g/mol. The summed E-state index contributed by atoms with van der Waals surface area (Å²) in [5.74, 6) is -0.323. The lowest BCUT2D eigenvalue weighted by Gasteiger charge is -2.08. The zero-order valence-electron chi connectivity index (χ0n) is 14.1. The largest absolute Gasteiger partial charge is 0.369 e.